The Balaban J connectivity index is 2.41. The Morgan fingerprint density at radius 2 is 2.15 bits per heavy atom. The largest absolute Gasteiger partial charge is 0.480 e. The van der Waals surface area contributed by atoms with Gasteiger partial charge in [0.05, 0.1) is 11.8 Å². The molecule has 3 rings (SSSR count). The van der Waals surface area contributed by atoms with Crippen LogP contribution >= 0.6 is 0 Å². The molecular formula is C11H9NO. The van der Waals surface area contributed by atoms with E-state index >= 15 is 0 Å². The summed E-state index contributed by atoms with van der Waals surface area (Å²) in [4.78, 5) is 0. The highest BCUT2D eigenvalue weighted by molar-refractivity contribution is 5.83. The van der Waals surface area contributed by atoms with Gasteiger partial charge in [0.15, 0.2) is 6.73 Å². The summed E-state index contributed by atoms with van der Waals surface area (Å²) >= 11 is 0. The molecule has 0 unspecified atom stereocenters. The first-order valence-corrected chi connectivity index (χ1v) is 4.31. The summed E-state index contributed by atoms with van der Waals surface area (Å²) in [7, 11) is 0. The topological polar surface area (TPSA) is 14.2 Å². The first kappa shape index (κ1) is 6.78. The molecule has 0 radical (unpaired) electrons. The first-order valence-electron chi connectivity index (χ1n) is 4.31. The third kappa shape index (κ3) is 0.886. The fraction of sp³-hybridized carbons (Fsp3) is 0.0909. The van der Waals surface area contributed by atoms with Gasteiger partial charge in [0.25, 0.3) is 0 Å². The molecular weight excluding hydrogens is 162 g/mol. The molecule has 0 bridgehead atoms. The van der Waals surface area contributed by atoms with E-state index in [9.17, 15) is 0 Å². The average molecular weight is 171 g/mol. The van der Waals surface area contributed by atoms with Gasteiger partial charge in [-0.15, -0.1) is 0 Å². The fourth-order valence-corrected chi connectivity index (χ4v) is 1.75. The van der Waals surface area contributed by atoms with Gasteiger partial charge in [-0.05, 0) is 18.2 Å². The maximum Gasteiger partial charge on any atom is 0.164 e. The maximum atomic E-state index is 5.24. The van der Waals surface area contributed by atoms with Crippen molar-refractivity contribution < 1.29 is 4.74 Å². The Kier molecular flexibility index (Phi) is 1.25. The zero-order chi connectivity index (χ0) is 8.67. The van der Waals surface area contributed by atoms with Crippen LogP contribution in [0.2, 0.25) is 0 Å². The predicted molar refractivity (Wildman–Crippen MR) is 52.1 cm³/mol. The van der Waals surface area contributed by atoms with Gasteiger partial charge in [-0.1, -0.05) is 18.2 Å². The quantitative estimate of drug-likeness (QED) is 0.594. The van der Waals surface area contributed by atoms with Crippen molar-refractivity contribution in [1.82, 2.24) is 4.57 Å². The monoisotopic (exact) mass is 171 g/mol. The Labute approximate surface area is 76.0 Å². The summed E-state index contributed by atoms with van der Waals surface area (Å²) < 4.78 is 7.41. The molecule has 2 heterocycles. The van der Waals surface area contributed by atoms with Gasteiger partial charge in [-0.25, -0.2) is 0 Å². The van der Waals surface area contributed by atoms with Crippen molar-refractivity contribution >= 4 is 17.0 Å². The van der Waals surface area contributed by atoms with E-state index in [2.05, 4.69) is 28.8 Å². The second kappa shape index (κ2) is 2.39. The van der Waals surface area contributed by atoms with Crippen LogP contribution in [0, 0.1) is 0 Å². The van der Waals surface area contributed by atoms with E-state index in [-0.39, 0.29) is 0 Å². The van der Waals surface area contributed by atoms with Crippen LogP contribution in [-0.4, -0.2) is 4.57 Å². The van der Waals surface area contributed by atoms with Crippen LogP contribution in [-0.2, 0) is 11.5 Å². The molecule has 2 aromatic rings. The molecule has 0 fully saturated rings. The summed E-state index contributed by atoms with van der Waals surface area (Å²) in [6, 6.07) is 10.5. The van der Waals surface area contributed by atoms with Crippen molar-refractivity contribution in [2.45, 2.75) is 6.73 Å². The fourth-order valence-electron chi connectivity index (χ4n) is 1.75. The summed E-state index contributed by atoms with van der Waals surface area (Å²) in [6.45, 7) is 0.624. The van der Waals surface area contributed by atoms with E-state index in [1.165, 1.54) is 16.6 Å². The molecule has 1 aliphatic heterocycles. The molecule has 0 saturated carbocycles. The first-order chi connectivity index (χ1) is 6.45. The van der Waals surface area contributed by atoms with Crippen molar-refractivity contribution in [3.8, 4) is 0 Å². The minimum atomic E-state index is 0.624. The number of ether oxygens (including phenoxy) is 1. The van der Waals surface area contributed by atoms with Crippen molar-refractivity contribution in [1.29, 1.82) is 0 Å². The normalized spacial score (nSPS) is 14.2. The highest BCUT2D eigenvalue weighted by Gasteiger charge is 2.07. The van der Waals surface area contributed by atoms with Crippen molar-refractivity contribution in [3.63, 3.8) is 0 Å². The third-order valence-corrected chi connectivity index (χ3v) is 2.38. The summed E-state index contributed by atoms with van der Waals surface area (Å²) in [5, 5.41) is 1.27. The zero-order valence-electron chi connectivity index (χ0n) is 7.10. The van der Waals surface area contributed by atoms with E-state index in [0.717, 1.165) is 0 Å². The van der Waals surface area contributed by atoms with E-state index in [4.69, 9.17) is 4.74 Å². The number of rotatable bonds is 0. The molecule has 0 atom stereocenters. The lowest BCUT2D eigenvalue weighted by Gasteiger charge is -2.11. The van der Waals surface area contributed by atoms with Gasteiger partial charge < -0.3 is 9.30 Å². The lowest BCUT2D eigenvalue weighted by Crippen LogP contribution is -2.04. The van der Waals surface area contributed by atoms with Crippen LogP contribution in [0.3, 0.4) is 0 Å². The summed E-state index contributed by atoms with van der Waals surface area (Å²) in [5.74, 6) is 0. The smallest absolute Gasteiger partial charge is 0.164 e. The molecule has 2 nitrogen and oxygen atoms in total. The van der Waals surface area contributed by atoms with Gasteiger partial charge in [-0.2, -0.15) is 0 Å². The van der Waals surface area contributed by atoms with Crippen LogP contribution in [0.15, 0.2) is 36.6 Å². The molecule has 0 N–H and O–H groups in total. The molecule has 1 aromatic carbocycles. The summed E-state index contributed by atoms with van der Waals surface area (Å²) in [5.41, 5.74) is 2.45. The molecule has 13 heavy (non-hydrogen) atoms. The van der Waals surface area contributed by atoms with Gasteiger partial charge in [0.2, 0.25) is 0 Å². The van der Waals surface area contributed by atoms with Crippen molar-refractivity contribution in [2.75, 3.05) is 0 Å². The second-order valence-electron chi connectivity index (χ2n) is 3.15. The molecule has 2 heteroatoms. The summed E-state index contributed by atoms with van der Waals surface area (Å²) in [6.07, 6.45) is 3.73. The highest BCUT2D eigenvalue weighted by atomic mass is 16.5. The molecule has 1 aliphatic rings. The Morgan fingerprint density at radius 1 is 1.23 bits per heavy atom. The Bertz CT molecular complexity index is 482. The lowest BCUT2D eigenvalue weighted by molar-refractivity contribution is 0.174. The third-order valence-electron chi connectivity index (χ3n) is 2.38. The lowest BCUT2D eigenvalue weighted by atomic mass is 10.2. The van der Waals surface area contributed by atoms with Gasteiger partial charge >= 0.3 is 0 Å². The minimum absolute atomic E-state index is 0.624. The number of nitrogens with zero attached hydrogens (tertiary/aromatic N) is 1. The standard InChI is InChI=1S/C11H9NO/c1-2-4-11-9(3-1)7-10-5-6-13-8-12(10)11/h1-7H,8H2. The van der Waals surface area contributed by atoms with Crippen molar-refractivity contribution in [2.24, 2.45) is 0 Å². The number of aromatic nitrogens is 1. The number of hydrogen-bond acceptors (Lipinski definition) is 1. The van der Waals surface area contributed by atoms with Crippen LogP contribution in [0.25, 0.3) is 17.0 Å². The minimum Gasteiger partial charge on any atom is -0.480 e. The number of para-hydroxylation sites is 1. The van der Waals surface area contributed by atoms with Crippen LogP contribution < -0.4 is 0 Å². The van der Waals surface area contributed by atoms with E-state index < -0.39 is 0 Å². The van der Waals surface area contributed by atoms with Gasteiger partial charge in [0, 0.05) is 11.1 Å². The van der Waals surface area contributed by atoms with Crippen LogP contribution in [0.4, 0.5) is 0 Å². The molecule has 0 saturated heterocycles. The van der Waals surface area contributed by atoms with Gasteiger partial charge in [-0.3, -0.25) is 0 Å². The highest BCUT2D eigenvalue weighted by Crippen LogP contribution is 2.22. The molecule has 0 spiro atoms. The van der Waals surface area contributed by atoms with Gasteiger partial charge in [0.1, 0.15) is 0 Å². The molecule has 0 amide bonds. The Hall–Kier alpha value is -1.70. The number of fused-ring (bicyclic) bond motifs is 3. The predicted octanol–water partition coefficient (Wildman–Crippen LogP) is 2.60. The Morgan fingerprint density at radius 3 is 3.15 bits per heavy atom. The molecule has 1 aromatic heterocycles. The maximum absolute atomic E-state index is 5.24. The molecule has 0 aliphatic carbocycles. The van der Waals surface area contributed by atoms with E-state index in [1.54, 1.807) is 6.26 Å². The zero-order valence-corrected chi connectivity index (χ0v) is 7.10. The van der Waals surface area contributed by atoms with Crippen LogP contribution in [0.1, 0.15) is 5.69 Å². The van der Waals surface area contributed by atoms with Crippen molar-refractivity contribution in [3.05, 3.63) is 42.3 Å². The van der Waals surface area contributed by atoms with Crippen LogP contribution in [0.5, 0.6) is 0 Å². The number of hydrogen-bond donors (Lipinski definition) is 0. The second-order valence-corrected chi connectivity index (χ2v) is 3.15. The number of benzene rings is 1. The average Bonchev–Trinajstić information content (AvgIpc) is 2.56. The van der Waals surface area contributed by atoms with E-state index in [1.807, 2.05) is 12.1 Å². The molecule has 64 valence electrons. The SMILES string of the molecule is C1=Cc2cc3ccccc3n2CO1. The van der Waals surface area contributed by atoms with E-state index in [0.29, 0.717) is 6.73 Å².